The van der Waals surface area contributed by atoms with Gasteiger partial charge in [0.05, 0.1) is 21.6 Å². The summed E-state index contributed by atoms with van der Waals surface area (Å²) < 4.78 is 1.89. The molecule has 2 N–H and O–H groups in total. The minimum absolute atomic E-state index is 0.00194. The third kappa shape index (κ3) is 5.54. The van der Waals surface area contributed by atoms with Gasteiger partial charge in [0.25, 0.3) is 0 Å². The summed E-state index contributed by atoms with van der Waals surface area (Å²) in [5.74, 6) is -0.555. The Morgan fingerprint density at radius 2 is 1.77 bits per heavy atom. The van der Waals surface area contributed by atoms with Gasteiger partial charge in [-0.25, -0.2) is 0 Å². The van der Waals surface area contributed by atoms with Crippen LogP contribution in [0.4, 0.5) is 5.69 Å². The maximum Gasteiger partial charge on any atom is 0.249 e. The topological polar surface area (TPSA) is 100 Å². The third-order valence-electron chi connectivity index (χ3n) is 7.18. The number of likely N-dealkylation sites (N-methyl/N-ethyl adjacent to an activating group) is 1. The fourth-order valence-electron chi connectivity index (χ4n) is 5.14. The summed E-state index contributed by atoms with van der Waals surface area (Å²) in [5.41, 5.74) is 5.56. The summed E-state index contributed by atoms with van der Waals surface area (Å²) in [4.78, 5) is 37.5. The molecule has 0 unspecified atom stereocenters. The van der Waals surface area contributed by atoms with E-state index in [9.17, 15) is 14.7 Å². The van der Waals surface area contributed by atoms with E-state index in [0.29, 0.717) is 29.1 Å². The number of hydrogen-bond acceptors (Lipinski definition) is 5. The van der Waals surface area contributed by atoms with Gasteiger partial charge in [0.15, 0.2) is 0 Å². The molecule has 5 aromatic rings. The first kappa shape index (κ1) is 27.3. The molecule has 40 heavy (non-hydrogen) atoms. The van der Waals surface area contributed by atoms with Gasteiger partial charge >= 0.3 is 0 Å². The number of anilines is 1. The summed E-state index contributed by atoms with van der Waals surface area (Å²) in [6.45, 7) is 1.89. The Morgan fingerprint density at radius 3 is 2.52 bits per heavy atom. The average molecular weight is 556 g/mol. The van der Waals surface area contributed by atoms with Gasteiger partial charge in [0.1, 0.15) is 12.6 Å². The van der Waals surface area contributed by atoms with E-state index in [0.717, 1.165) is 33.2 Å². The van der Waals surface area contributed by atoms with E-state index in [4.69, 9.17) is 11.6 Å². The van der Waals surface area contributed by atoms with Crippen molar-refractivity contribution in [2.45, 2.75) is 32.4 Å². The van der Waals surface area contributed by atoms with E-state index < -0.39 is 6.04 Å². The van der Waals surface area contributed by atoms with E-state index in [-0.39, 0.29) is 25.0 Å². The van der Waals surface area contributed by atoms with Crippen LogP contribution in [-0.4, -0.2) is 51.2 Å². The van der Waals surface area contributed by atoms with Gasteiger partial charge in [0, 0.05) is 49.2 Å². The molecule has 1 atom stereocenters. The van der Waals surface area contributed by atoms with Crippen LogP contribution in [0.1, 0.15) is 16.8 Å². The van der Waals surface area contributed by atoms with Gasteiger partial charge in [-0.3, -0.25) is 19.6 Å². The highest BCUT2D eigenvalue weighted by Gasteiger charge is 2.26. The normalized spacial score (nSPS) is 12.0. The molecule has 0 saturated heterocycles. The average Bonchev–Trinajstić information content (AvgIpc) is 3.23. The highest BCUT2D eigenvalue weighted by atomic mass is 35.5. The molecule has 2 aromatic heterocycles. The molecule has 0 saturated carbocycles. The molecule has 0 bridgehead atoms. The van der Waals surface area contributed by atoms with E-state index >= 15 is 0 Å². The lowest BCUT2D eigenvalue weighted by atomic mass is 10.0. The second-order valence-electron chi connectivity index (χ2n) is 9.69. The molecule has 5 rings (SSSR count). The summed E-state index contributed by atoms with van der Waals surface area (Å²) in [6.07, 6.45) is 3.99. The first-order chi connectivity index (χ1) is 19.4. The largest absolute Gasteiger partial charge is 0.396 e. The molecule has 2 heterocycles. The van der Waals surface area contributed by atoms with Gasteiger partial charge in [-0.1, -0.05) is 48.0 Å². The second-order valence-corrected chi connectivity index (χ2v) is 10.1. The van der Waals surface area contributed by atoms with Crippen LogP contribution in [0.2, 0.25) is 5.02 Å². The quantitative estimate of drug-likeness (QED) is 0.279. The van der Waals surface area contributed by atoms with Gasteiger partial charge in [0.2, 0.25) is 11.8 Å². The number of halogens is 1. The number of aliphatic hydroxyl groups is 1. The van der Waals surface area contributed by atoms with Crippen LogP contribution in [0.3, 0.4) is 0 Å². The second kappa shape index (κ2) is 11.9. The molecule has 0 aliphatic heterocycles. The standard InChI is InChI=1S/C31H30ClN5O3/c1-20-23(13-16-38)30-24(32)9-6-10-28(30)37(20)19-29(39)35-27(17-21-7-4-3-5-8-21)31(40)36(2)22-11-12-25-26(18-22)34-15-14-33-25/h3-12,14-15,18,27,38H,13,16-17,19H2,1-2H3,(H,35,39)/t27-/m0/s1. The number of nitrogens with zero attached hydrogens (tertiary/aromatic N) is 4. The molecular formula is C31H30ClN5O3. The monoisotopic (exact) mass is 555 g/mol. The molecule has 0 spiro atoms. The van der Waals surface area contributed by atoms with Gasteiger partial charge in [-0.2, -0.15) is 0 Å². The maximum atomic E-state index is 13.8. The number of aliphatic hydroxyl groups excluding tert-OH is 1. The molecule has 0 radical (unpaired) electrons. The number of carbonyl (C=O) groups excluding carboxylic acids is 2. The van der Waals surface area contributed by atoms with Crippen LogP contribution in [0.25, 0.3) is 21.9 Å². The van der Waals surface area contributed by atoms with Crippen molar-refractivity contribution < 1.29 is 14.7 Å². The summed E-state index contributed by atoms with van der Waals surface area (Å²) in [7, 11) is 1.69. The Morgan fingerprint density at radius 1 is 1.02 bits per heavy atom. The van der Waals surface area contributed by atoms with Gasteiger partial charge in [-0.15, -0.1) is 0 Å². The zero-order valence-electron chi connectivity index (χ0n) is 22.3. The lowest BCUT2D eigenvalue weighted by molar-refractivity contribution is -0.127. The van der Waals surface area contributed by atoms with Crippen LogP contribution < -0.4 is 10.2 Å². The van der Waals surface area contributed by atoms with Gasteiger partial charge < -0.3 is 19.9 Å². The number of nitrogens with one attached hydrogen (secondary N) is 1. The van der Waals surface area contributed by atoms with Crippen molar-refractivity contribution in [2.75, 3.05) is 18.6 Å². The van der Waals surface area contributed by atoms with E-state index in [1.807, 2.05) is 72.2 Å². The predicted molar refractivity (Wildman–Crippen MR) is 157 cm³/mol. The highest BCUT2D eigenvalue weighted by molar-refractivity contribution is 6.35. The van der Waals surface area contributed by atoms with E-state index in [2.05, 4.69) is 15.3 Å². The van der Waals surface area contributed by atoms with Crippen molar-refractivity contribution in [2.24, 2.45) is 0 Å². The van der Waals surface area contributed by atoms with Crippen molar-refractivity contribution in [1.29, 1.82) is 0 Å². The SMILES string of the molecule is Cc1c(CCO)c2c(Cl)cccc2n1CC(=O)N[C@@H](Cc1ccccc1)C(=O)N(C)c1ccc2nccnc2c1. The molecule has 8 nitrogen and oxygen atoms in total. The lowest BCUT2D eigenvalue weighted by Gasteiger charge is -2.25. The van der Waals surface area contributed by atoms with Crippen LogP contribution in [0, 0.1) is 6.92 Å². The molecule has 9 heteroatoms. The first-order valence-electron chi connectivity index (χ1n) is 13.1. The minimum Gasteiger partial charge on any atom is -0.396 e. The van der Waals surface area contributed by atoms with Crippen LogP contribution in [0.5, 0.6) is 0 Å². The van der Waals surface area contributed by atoms with Crippen molar-refractivity contribution in [3.63, 3.8) is 0 Å². The Labute approximate surface area is 237 Å². The number of carbonyl (C=O) groups is 2. The van der Waals surface area contributed by atoms with Crippen LogP contribution in [-0.2, 0) is 29.0 Å². The smallest absolute Gasteiger partial charge is 0.249 e. The highest BCUT2D eigenvalue weighted by Crippen LogP contribution is 2.32. The zero-order chi connectivity index (χ0) is 28.2. The predicted octanol–water partition coefficient (Wildman–Crippen LogP) is 4.47. The Bertz CT molecular complexity index is 1690. The Balaban J connectivity index is 1.43. The number of rotatable bonds is 9. The number of benzene rings is 3. The summed E-state index contributed by atoms with van der Waals surface area (Å²) in [5, 5.41) is 14.0. The van der Waals surface area contributed by atoms with Crippen molar-refractivity contribution in [3.8, 4) is 0 Å². The molecule has 0 fully saturated rings. The van der Waals surface area contributed by atoms with Crippen molar-refractivity contribution >= 4 is 51.0 Å². The van der Waals surface area contributed by atoms with E-state index in [1.54, 1.807) is 25.5 Å². The number of aromatic nitrogens is 3. The fraction of sp³-hybridized carbons (Fsp3) is 0.226. The maximum absolute atomic E-state index is 13.8. The minimum atomic E-state index is -0.805. The first-order valence-corrected chi connectivity index (χ1v) is 13.4. The van der Waals surface area contributed by atoms with Crippen LogP contribution >= 0.6 is 11.6 Å². The Hall–Kier alpha value is -4.27. The fourth-order valence-corrected chi connectivity index (χ4v) is 5.42. The summed E-state index contributed by atoms with van der Waals surface area (Å²) >= 11 is 6.51. The van der Waals surface area contributed by atoms with Crippen molar-refractivity contribution in [3.05, 3.63) is 101 Å². The van der Waals surface area contributed by atoms with Crippen LogP contribution in [0.15, 0.2) is 79.1 Å². The molecule has 0 aliphatic rings. The summed E-state index contributed by atoms with van der Waals surface area (Å²) in [6, 6.07) is 19.8. The third-order valence-corrected chi connectivity index (χ3v) is 7.49. The Kier molecular flexibility index (Phi) is 8.09. The van der Waals surface area contributed by atoms with Crippen molar-refractivity contribution in [1.82, 2.24) is 19.9 Å². The van der Waals surface area contributed by atoms with E-state index in [1.165, 1.54) is 4.90 Å². The number of hydrogen-bond donors (Lipinski definition) is 2. The lowest BCUT2D eigenvalue weighted by Crippen LogP contribution is -2.49. The molecule has 0 aliphatic carbocycles. The molecular weight excluding hydrogens is 526 g/mol. The zero-order valence-corrected chi connectivity index (χ0v) is 23.1. The molecule has 2 amide bonds. The number of fused-ring (bicyclic) bond motifs is 2. The molecule has 204 valence electrons. The molecule has 3 aromatic carbocycles. The van der Waals surface area contributed by atoms with Gasteiger partial charge in [-0.05, 0) is 54.8 Å². The number of amides is 2.